The van der Waals surface area contributed by atoms with E-state index in [-0.39, 0.29) is 30.3 Å². The van der Waals surface area contributed by atoms with Gasteiger partial charge in [-0.25, -0.2) is 0 Å². The third-order valence-electron chi connectivity index (χ3n) is 3.97. The average Bonchev–Trinajstić information content (AvgIpc) is 2.71. The van der Waals surface area contributed by atoms with Crippen LogP contribution in [-0.2, 0) is 9.59 Å². The zero-order valence-corrected chi connectivity index (χ0v) is 15.3. The molecule has 0 unspecified atom stereocenters. The highest BCUT2D eigenvalue weighted by Gasteiger charge is 2.27. The first-order chi connectivity index (χ1) is 12.3. The van der Waals surface area contributed by atoms with Crippen molar-refractivity contribution in [2.24, 2.45) is 4.99 Å². The SMILES string of the molecule is CC(C)(C)NC(=O)CN1C(=O)CC(c2ccccc2)=Nc2ccccc21. The van der Waals surface area contributed by atoms with Crippen LogP contribution in [0.15, 0.2) is 59.6 Å². The van der Waals surface area contributed by atoms with Crippen molar-refractivity contribution in [2.45, 2.75) is 32.7 Å². The van der Waals surface area contributed by atoms with E-state index in [2.05, 4.69) is 5.32 Å². The predicted molar refractivity (Wildman–Crippen MR) is 104 cm³/mol. The third kappa shape index (κ3) is 4.17. The van der Waals surface area contributed by atoms with Crippen LogP contribution in [0.2, 0.25) is 0 Å². The third-order valence-corrected chi connectivity index (χ3v) is 3.97. The average molecular weight is 349 g/mol. The molecule has 5 nitrogen and oxygen atoms in total. The molecule has 1 aliphatic rings. The van der Waals surface area contributed by atoms with E-state index in [4.69, 9.17) is 4.99 Å². The number of carbonyl (C=O) groups is 2. The van der Waals surface area contributed by atoms with Crippen molar-refractivity contribution in [3.05, 3.63) is 60.2 Å². The molecule has 0 atom stereocenters. The van der Waals surface area contributed by atoms with E-state index >= 15 is 0 Å². The highest BCUT2D eigenvalue weighted by molar-refractivity contribution is 6.18. The van der Waals surface area contributed by atoms with Crippen LogP contribution in [0.3, 0.4) is 0 Å². The highest BCUT2D eigenvalue weighted by atomic mass is 16.2. The van der Waals surface area contributed by atoms with Gasteiger partial charge in [0.15, 0.2) is 0 Å². The van der Waals surface area contributed by atoms with Crippen LogP contribution >= 0.6 is 0 Å². The van der Waals surface area contributed by atoms with E-state index in [1.807, 2.05) is 75.4 Å². The number of rotatable bonds is 3. The summed E-state index contributed by atoms with van der Waals surface area (Å²) < 4.78 is 0. The maximum absolute atomic E-state index is 12.9. The van der Waals surface area contributed by atoms with Crippen LogP contribution in [0.25, 0.3) is 0 Å². The molecule has 134 valence electrons. The summed E-state index contributed by atoms with van der Waals surface area (Å²) in [5.41, 5.74) is 2.63. The normalized spacial score (nSPS) is 14.3. The molecule has 3 rings (SSSR count). The first-order valence-corrected chi connectivity index (χ1v) is 8.67. The van der Waals surface area contributed by atoms with Gasteiger partial charge in [0.1, 0.15) is 6.54 Å². The fraction of sp³-hybridized carbons (Fsp3) is 0.286. The van der Waals surface area contributed by atoms with E-state index in [9.17, 15) is 9.59 Å². The van der Waals surface area contributed by atoms with Crippen molar-refractivity contribution in [1.29, 1.82) is 0 Å². The number of hydrogen-bond donors (Lipinski definition) is 1. The second-order valence-electron chi connectivity index (χ2n) is 7.37. The van der Waals surface area contributed by atoms with Crippen LogP contribution < -0.4 is 10.2 Å². The quantitative estimate of drug-likeness (QED) is 0.922. The van der Waals surface area contributed by atoms with Crippen molar-refractivity contribution in [3.63, 3.8) is 0 Å². The molecule has 26 heavy (non-hydrogen) atoms. The molecule has 0 aliphatic carbocycles. The number of anilines is 1. The van der Waals surface area contributed by atoms with Gasteiger partial charge in [0.2, 0.25) is 11.8 Å². The summed E-state index contributed by atoms with van der Waals surface area (Å²) in [6.07, 6.45) is 0.154. The number of para-hydroxylation sites is 2. The topological polar surface area (TPSA) is 61.8 Å². The van der Waals surface area contributed by atoms with E-state index < -0.39 is 0 Å². The zero-order chi connectivity index (χ0) is 18.7. The summed E-state index contributed by atoms with van der Waals surface area (Å²) in [6.45, 7) is 5.73. The molecule has 1 aliphatic heterocycles. The van der Waals surface area contributed by atoms with Crippen LogP contribution in [0.1, 0.15) is 32.8 Å². The smallest absolute Gasteiger partial charge is 0.240 e. The molecular weight excluding hydrogens is 326 g/mol. The number of carbonyl (C=O) groups excluding carboxylic acids is 2. The number of fused-ring (bicyclic) bond motifs is 1. The Labute approximate surface area is 153 Å². The number of nitrogens with zero attached hydrogens (tertiary/aromatic N) is 2. The van der Waals surface area contributed by atoms with Gasteiger partial charge in [-0.2, -0.15) is 0 Å². The molecule has 0 bridgehead atoms. The Bertz CT molecular complexity index is 851. The summed E-state index contributed by atoms with van der Waals surface area (Å²) in [7, 11) is 0. The first-order valence-electron chi connectivity index (χ1n) is 8.67. The van der Waals surface area contributed by atoms with Crippen molar-refractivity contribution in [2.75, 3.05) is 11.4 Å². The van der Waals surface area contributed by atoms with Gasteiger partial charge in [-0.1, -0.05) is 42.5 Å². The molecule has 0 saturated carbocycles. The van der Waals surface area contributed by atoms with Crippen LogP contribution in [-0.4, -0.2) is 29.6 Å². The van der Waals surface area contributed by atoms with Crippen molar-refractivity contribution in [3.8, 4) is 0 Å². The van der Waals surface area contributed by atoms with Gasteiger partial charge in [0.25, 0.3) is 0 Å². The Balaban J connectivity index is 1.94. The van der Waals surface area contributed by atoms with Gasteiger partial charge in [-0.05, 0) is 38.5 Å². The van der Waals surface area contributed by atoms with Crippen LogP contribution in [0, 0.1) is 0 Å². The molecule has 0 aromatic heterocycles. The molecule has 0 fully saturated rings. The lowest BCUT2D eigenvalue weighted by atomic mass is 10.1. The lowest BCUT2D eigenvalue weighted by Gasteiger charge is -2.25. The minimum Gasteiger partial charge on any atom is -0.350 e. The van der Waals surface area contributed by atoms with Crippen molar-refractivity contribution < 1.29 is 9.59 Å². The van der Waals surface area contributed by atoms with Crippen LogP contribution in [0.5, 0.6) is 0 Å². The van der Waals surface area contributed by atoms with Gasteiger partial charge in [-0.15, -0.1) is 0 Å². The second kappa shape index (κ2) is 7.12. The standard InChI is InChI=1S/C21H23N3O2/c1-21(2,3)23-19(25)14-24-18-12-8-7-11-16(18)22-17(13-20(24)26)15-9-5-4-6-10-15/h4-12H,13-14H2,1-3H3,(H,23,25). The Morgan fingerprint density at radius 2 is 1.73 bits per heavy atom. The van der Waals surface area contributed by atoms with Gasteiger partial charge < -0.3 is 10.2 Å². The number of benzene rings is 2. The summed E-state index contributed by atoms with van der Waals surface area (Å²) in [4.78, 5) is 31.6. The Morgan fingerprint density at radius 1 is 1.08 bits per heavy atom. The monoisotopic (exact) mass is 349 g/mol. The molecule has 1 heterocycles. The van der Waals surface area contributed by atoms with Gasteiger partial charge in [0, 0.05) is 5.54 Å². The molecule has 0 spiro atoms. The molecule has 5 heteroatoms. The molecule has 2 amide bonds. The van der Waals surface area contributed by atoms with Gasteiger partial charge in [0.05, 0.1) is 23.5 Å². The second-order valence-corrected chi connectivity index (χ2v) is 7.37. The van der Waals surface area contributed by atoms with E-state index in [1.54, 1.807) is 0 Å². The summed E-state index contributed by atoms with van der Waals surface area (Å²) >= 11 is 0. The fourth-order valence-electron chi connectivity index (χ4n) is 2.92. The zero-order valence-electron chi connectivity index (χ0n) is 15.3. The highest BCUT2D eigenvalue weighted by Crippen LogP contribution is 2.32. The Morgan fingerprint density at radius 3 is 2.42 bits per heavy atom. The summed E-state index contributed by atoms with van der Waals surface area (Å²) in [5, 5.41) is 2.91. The molecular formula is C21H23N3O2. The van der Waals surface area contributed by atoms with E-state index in [1.165, 1.54) is 4.90 Å². The molecule has 2 aromatic rings. The fourth-order valence-corrected chi connectivity index (χ4v) is 2.92. The van der Waals surface area contributed by atoms with Crippen molar-refractivity contribution >= 4 is 28.9 Å². The van der Waals surface area contributed by atoms with Gasteiger partial charge >= 0.3 is 0 Å². The molecule has 0 radical (unpaired) electrons. The Hall–Kier alpha value is -2.95. The minimum absolute atomic E-state index is 0.0231. The summed E-state index contributed by atoms with van der Waals surface area (Å²) in [5.74, 6) is -0.328. The van der Waals surface area contributed by atoms with Gasteiger partial charge in [-0.3, -0.25) is 14.6 Å². The number of aliphatic imine (C=N–C) groups is 1. The summed E-state index contributed by atoms with van der Waals surface area (Å²) in [6, 6.07) is 17.1. The molecule has 1 N–H and O–H groups in total. The van der Waals surface area contributed by atoms with E-state index in [0.29, 0.717) is 17.1 Å². The predicted octanol–water partition coefficient (Wildman–Crippen LogP) is 3.46. The number of amides is 2. The maximum Gasteiger partial charge on any atom is 0.240 e. The lowest BCUT2D eigenvalue weighted by Crippen LogP contribution is -2.47. The number of nitrogens with one attached hydrogen (secondary N) is 1. The largest absolute Gasteiger partial charge is 0.350 e. The van der Waals surface area contributed by atoms with E-state index in [0.717, 1.165) is 5.56 Å². The number of hydrogen-bond acceptors (Lipinski definition) is 3. The lowest BCUT2D eigenvalue weighted by molar-refractivity contribution is -0.124. The minimum atomic E-state index is -0.350. The Kier molecular flexibility index (Phi) is 4.89. The molecule has 2 aromatic carbocycles. The molecule has 0 saturated heterocycles. The first kappa shape index (κ1) is 17.9. The van der Waals surface area contributed by atoms with Crippen LogP contribution in [0.4, 0.5) is 11.4 Å². The van der Waals surface area contributed by atoms with Crippen molar-refractivity contribution in [1.82, 2.24) is 5.32 Å². The maximum atomic E-state index is 12.9.